The predicted octanol–water partition coefficient (Wildman–Crippen LogP) is -0.225. The van der Waals surface area contributed by atoms with E-state index in [1.54, 1.807) is 0 Å². The minimum Gasteiger partial charge on any atom is -0.396 e. The van der Waals surface area contributed by atoms with Crippen LogP contribution in [-0.4, -0.2) is 17.6 Å². The number of amides is 1. The molecule has 0 spiro atoms. The average molecular weight is 172 g/mol. The Morgan fingerprint density at radius 2 is 2.00 bits per heavy atom. The third kappa shape index (κ3) is 2.19. The van der Waals surface area contributed by atoms with Gasteiger partial charge in [0.05, 0.1) is 0 Å². The van der Waals surface area contributed by atoms with E-state index in [0.717, 1.165) is 25.7 Å². The van der Waals surface area contributed by atoms with Gasteiger partial charge in [0.25, 0.3) is 0 Å². The largest absolute Gasteiger partial charge is 0.396 e. The zero-order valence-corrected chi connectivity index (χ0v) is 7.12. The lowest BCUT2D eigenvalue weighted by molar-refractivity contribution is -0.126. The summed E-state index contributed by atoms with van der Waals surface area (Å²) in [5, 5.41) is 8.85. The van der Waals surface area contributed by atoms with E-state index in [0.29, 0.717) is 5.92 Å². The molecule has 1 aliphatic rings. The van der Waals surface area contributed by atoms with E-state index >= 15 is 0 Å². The van der Waals surface area contributed by atoms with Crippen molar-refractivity contribution < 1.29 is 9.90 Å². The van der Waals surface area contributed by atoms with Gasteiger partial charge in [-0.1, -0.05) is 0 Å². The van der Waals surface area contributed by atoms with Crippen molar-refractivity contribution in [3.63, 3.8) is 0 Å². The summed E-state index contributed by atoms with van der Waals surface area (Å²) in [6.45, 7) is 0.247. The van der Waals surface area contributed by atoms with Gasteiger partial charge in [-0.15, -0.1) is 0 Å². The van der Waals surface area contributed by atoms with Crippen LogP contribution in [0.5, 0.6) is 0 Å². The number of aliphatic hydroxyl groups excluding tert-OH is 1. The molecule has 0 heterocycles. The highest BCUT2D eigenvalue weighted by atomic mass is 16.3. The van der Waals surface area contributed by atoms with Crippen molar-refractivity contribution in [2.24, 2.45) is 17.7 Å². The quantitative estimate of drug-likeness (QED) is 0.306. The molecule has 1 amide bonds. The maximum atomic E-state index is 11.1. The van der Waals surface area contributed by atoms with Gasteiger partial charge in [-0.25, -0.2) is 5.84 Å². The van der Waals surface area contributed by atoms with Crippen molar-refractivity contribution in [3.05, 3.63) is 0 Å². The third-order valence-corrected chi connectivity index (χ3v) is 2.62. The molecule has 0 unspecified atom stereocenters. The van der Waals surface area contributed by atoms with Gasteiger partial charge in [-0.05, 0) is 31.6 Å². The Kier molecular flexibility index (Phi) is 3.49. The van der Waals surface area contributed by atoms with Gasteiger partial charge in [0.15, 0.2) is 0 Å². The first kappa shape index (κ1) is 9.48. The average Bonchev–Trinajstić information content (AvgIpc) is 2.17. The summed E-state index contributed by atoms with van der Waals surface area (Å²) in [6.07, 6.45) is 3.59. The molecule has 1 fully saturated rings. The number of rotatable bonds is 2. The molecule has 0 bridgehead atoms. The third-order valence-electron chi connectivity index (χ3n) is 2.62. The topological polar surface area (TPSA) is 75.3 Å². The Bertz CT molecular complexity index is 153. The van der Waals surface area contributed by atoms with E-state index < -0.39 is 0 Å². The van der Waals surface area contributed by atoms with E-state index in [4.69, 9.17) is 10.9 Å². The van der Waals surface area contributed by atoms with Gasteiger partial charge in [-0.2, -0.15) is 0 Å². The molecule has 12 heavy (non-hydrogen) atoms. The standard InChI is InChI=1S/C8H16N2O2/c9-10-8(12)7-3-1-6(5-11)2-4-7/h6-7,11H,1-5,9H2,(H,10,12). The normalized spacial score (nSPS) is 29.8. The van der Waals surface area contributed by atoms with E-state index in [9.17, 15) is 4.79 Å². The second-order valence-corrected chi connectivity index (χ2v) is 3.41. The SMILES string of the molecule is NNC(=O)C1CCC(CO)CC1. The lowest BCUT2D eigenvalue weighted by Gasteiger charge is -2.25. The number of carbonyl (C=O) groups is 1. The van der Waals surface area contributed by atoms with Crippen molar-refractivity contribution >= 4 is 5.91 Å². The summed E-state index contributed by atoms with van der Waals surface area (Å²) < 4.78 is 0. The molecule has 0 radical (unpaired) electrons. The van der Waals surface area contributed by atoms with Crippen molar-refractivity contribution in [2.75, 3.05) is 6.61 Å². The molecule has 4 N–H and O–H groups in total. The van der Waals surface area contributed by atoms with Crippen LogP contribution in [0.15, 0.2) is 0 Å². The summed E-state index contributed by atoms with van der Waals surface area (Å²) in [7, 11) is 0. The number of hydrogen-bond acceptors (Lipinski definition) is 3. The molecule has 0 aromatic heterocycles. The first-order chi connectivity index (χ1) is 5.77. The van der Waals surface area contributed by atoms with Crippen molar-refractivity contribution in [1.82, 2.24) is 5.43 Å². The van der Waals surface area contributed by atoms with Crippen LogP contribution in [0.1, 0.15) is 25.7 Å². The Balaban J connectivity index is 2.30. The number of hydrogen-bond donors (Lipinski definition) is 3. The smallest absolute Gasteiger partial charge is 0.236 e. The van der Waals surface area contributed by atoms with E-state index in [1.807, 2.05) is 0 Å². The zero-order valence-electron chi connectivity index (χ0n) is 7.12. The summed E-state index contributed by atoms with van der Waals surface area (Å²) >= 11 is 0. The summed E-state index contributed by atoms with van der Waals surface area (Å²) in [5.41, 5.74) is 2.17. The summed E-state index contributed by atoms with van der Waals surface area (Å²) in [4.78, 5) is 11.1. The summed E-state index contributed by atoms with van der Waals surface area (Å²) in [5.74, 6) is 5.42. The van der Waals surface area contributed by atoms with Crippen LogP contribution in [-0.2, 0) is 4.79 Å². The summed E-state index contributed by atoms with van der Waals surface area (Å²) in [6, 6.07) is 0. The molecule has 0 atom stereocenters. The fourth-order valence-corrected chi connectivity index (χ4v) is 1.73. The molecule has 0 aromatic rings. The van der Waals surface area contributed by atoms with Crippen LogP contribution in [0, 0.1) is 11.8 Å². The van der Waals surface area contributed by atoms with Gasteiger partial charge < -0.3 is 5.11 Å². The maximum Gasteiger partial charge on any atom is 0.236 e. The predicted molar refractivity (Wildman–Crippen MR) is 44.9 cm³/mol. The molecular weight excluding hydrogens is 156 g/mol. The molecule has 0 aromatic carbocycles. The van der Waals surface area contributed by atoms with Crippen LogP contribution in [0.4, 0.5) is 0 Å². The highest BCUT2D eigenvalue weighted by molar-refractivity contribution is 5.77. The Morgan fingerprint density at radius 1 is 1.42 bits per heavy atom. The lowest BCUT2D eigenvalue weighted by Crippen LogP contribution is -2.37. The van der Waals surface area contributed by atoms with E-state index in [1.165, 1.54) is 0 Å². The highest BCUT2D eigenvalue weighted by Crippen LogP contribution is 2.28. The van der Waals surface area contributed by atoms with Gasteiger partial charge in [0, 0.05) is 12.5 Å². The monoisotopic (exact) mass is 172 g/mol. The van der Waals surface area contributed by atoms with Crippen molar-refractivity contribution in [1.29, 1.82) is 0 Å². The molecule has 1 aliphatic carbocycles. The highest BCUT2D eigenvalue weighted by Gasteiger charge is 2.24. The van der Waals surface area contributed by atoms with Crippen LogP contribution >= 0.6 is 0 Å². The molecule has 0 saturated heterocycles. The Morgan fingerprint density at radius 3 is 2.42 bits per heavy atom. The molecule has 4 nitrogen and oxygen atoms in total. The number of carbonyl (C=O) groups excluding carboxylic acids is 1. The fraction of sp³-hybridized carbons (Fsp3) is 0.875. The number of nitrogens with two attached hydrogens (primary N) is 1. The van der Waals surface area contributed by atoms with Crippen molar-refractivity contribution in [3.8, 4) is 0 Å². The maximum absolute atomic E-state index is 11.1. The number of hydrazine groups is 1. The second-order valence-electron chi connectivity index (χ2n) is 3.41. The zero-order chi connectivity index (χ0) is 8.97. The first-order valence-corrected chi connectivity index (χ1v) is 4.39. The molecule has 4 heteroatoms. The van der Waals surface area contributed by atoms with Gasteiger partial charge in [-0.3, -0.25) is 10.2 Å². The molecule has 1 rings (SSSR count). The van der Waals surface area contributed by atoms with E-state index in [-0.39, 0.29) is 18.4 Å². The van der Waals surface area contributed by atoms with Gasteiger partial charge >= 0.3 is 0 Å². The van der Waals surface area contributed by atoms with E-state index in [2.05, 4.69) is 5.43 Å². The minimum absolute atomic E-state index is 0.0635. The molecular formula is C8H16N2O2. The fourth-order valence-electron chi connectivity index (χ4n) is 1.73. The second kappa shape index (κ2) is 4.42. The molecule has 1 saturated carbocycles. The minimum atomic E-state index is -0.0635. The van der Waals surface area contributed by atoms with Crippen LogP contribution < -0.4 is 11.3 Å². The van der Waals surface area contributed by atoms with Crippen LogP contribution in [0.3, 0.4) is 0 Å². The van der Waals surface area contributed by atoms with Crippen LogP contribution in [0.2, 0.25) is 0 Å². The Labute approximate surface area is 72.1 Å². The number of aliphatic hydroxyl groups is 1. The Hall–Kier alpha value is -0.610. The van der Waals surface area contributed by atoms with Gasteiger partial charge in [0.2, 0.25) is 5.91 Å². The van der Waals surface area contributed by atoms with Crippen molar-refractivity contribution in [2.45, 2.75) is 25.7 Å². The molecule has 0 aliphatic heterocycles. The van der Waals surface area contributed by atoms with Gasteiger partial charge in [0.1, 0.15) is 0 Å². The first-order valence-electron chi connectivity index (χ1n) is 4.39. The van der Waals surface area contributed by atoms with Crippen LogP contribution in [0.25, 0.3) is 0 Å². The number of nitrogens with one attached hydrogen (secondary N) is 1. The molecule has 70 valence electrons. The lowest BCUT2D eigenvalue weighted by atomic mass is 9.82.